The van der Waals surface area contributed by atoms with Crippen molar-refractivity contribution in [3.8, 4) is 6.07 Å². The van der Waals surface area contributed by atoms with E-state index < -0.39 is 17.8 Å². The third kappa shape index (κ3) is 3.19. The van der Waals surface area contributed by atoms with Crippen LogP contribution in [0.5, 0.6) is 0 Å². The molecule has 24 heavy (non-hydrogen) atoms. The zero-order chi connectivity index (χ0) is 17.3. The Balaban J connectivity index is 1.92. The van der Waals surface area contributed by atoms with Gasteiger partial charge in [0.1, 0.15) is 11.9 Å². The van der Waals surface area contributed by atoms with Crippen LogP contribution in [-0.2, 0) is 10.9 Å². The van der Waals surface area contributed by atoms with Crippen LogP contribution in [0.4, 0.5) is 18.9 Å². The minimum absolute atomic E-state index is 0.0273. The number of nitriles is 1. The van der Waals surface area contributed by atoms with E-state index in [1.807, 2.05) is 0 Å². The highest BCUT2D eigenvalue weighted by atomic mass is 19.4. The van der Waals surface area contributed by atoms with Crippen LogP contribution in [0.2, 0.25) is 0 Å². The number of hydrogen-bond acceptors (Lipinski definition) is 5. The number of anilines is 1. The standard InChI is InChI=1S/C15H14F3N5O/c1-9-20-14(22-21-9)13-8-23(4-5-24-13)12-3-2-10(7-19)6-11(12)15(16,17)18/h2-3,6,13H,4-5,8H2,1H3,(H,20,21,22)/t13-/m1/s1. The predicted molar refractivity (Wildman–Crippen MR) is 78.2 cm³/mol. The molecule has 126 valence electrons. The van der Waals surface area contributed by atoms with Crippen LogP contribution in [-0.4, -0.2) is 34.9 Å². The average molecular weight is 337 g/mol. The number of benzene rings is 1. The first-order valence-electron chi connectivity index (χ1n) is 7.25. The summed E-state index contributed by atoms with van der Waals surface area (Å²) in [5.41, 5.74) is -0.823. The highest BCUT2D eigenvalue weighted by Gasteiger charge is 2.37. The summed E-state index contributed by atoms with van der Waals surface area (Å²) in [6.07, 6.45) is -5.06. The number of H-pyrrole nitrogens is 1. The molecule has 9 heteroatoms. The molecule has 1 atom stereocenters. The molecule has 3 rings (SSSR count). The Morgan fingerprint density at radius 3 is 2.83 bits per heavy atom. The molecule has 1 N–H and O–H groups in total. The molecule has 0 amide bonds. The van der Waals surface area contributed by atoms with Gasteiger partial charge in [0.05, 0.1) is 30.3 Å². The topological polar surface area (TPSA) is 77.8 Å². The molecule has 0 spiro atoms. The van der Waals surface area contributed by atoms with Gasteiger partial charge in [0.2, 0.25) is 0 Å². The molecule has 2 aromatic rings. The van der Waals surface area contributed by atoms with E-state index in [0.717, 1.165) is 6.07 Å². The normalized spacial score (nSPS) is 18.5. The molecule has 1 aromatic heterocycles. The molecular weight excluding hydrogens is 323 g/mol. The van der Waals surface area contributed by atoms with Gasteiger partial charge < -0.3 is 9.64 Å². The van der Waals surface area contributed by atoms with Crippen molar-refractivity contribution in [1.29, 1.82) is 5.26 Å². The third-order valence-corrected chi connectivity index (χ3v) is 3.74. The largest absolute Gasteiger partial charge is 0.418 e. The van der Waals surface area contributed by atoms with E-state index in [-0.39, 0.29) is 24.4 Å². The van der Waals surface area contributed by atoms with E-state index in [1.165, 1.54) is 12.1 Å². The molecule has 0 bridgehead atoms. The van der Waals surface area contributed by atoms with Gasteiger partial charge in [-0.1, -0.05) is 0 Å². The molecule has 0 radical (unpaired) electrons. The number of aromatic amines is 1. The van der Waals surface area contributed by atoms with E-state index in [9.17, 15) is 13.2 Å². The monoisotopic (exact) mass is 337 g/mol. The first kappa shape index (κ1) is 16.3. The number of halogens is 3. The number of alkyl halides is 3. The number of nitrogens with one attached hydrogen (secondary N) is 1. The number of rotatable bonds is 2. The Kier molecular flexibility index (Phi) is 4.15. The average Bonchev–Trinajstić information content (AvgIpc) is 3.00. The molecule has 1 aromatic carbocycles. The van der Waals surface area contributed by atoms with Gasteiger partial charge in [0, 0.05) is 12.2 Å². The van der Waals surface area contributed by atoms with Gasteiger partial charge in [-0.25, -0.2) is 4.98 Å². The third-order valence-electron chi connectivity index (χ3n) is 3.74. The van der Waals surface area contributed by atoms with E-state index in [0.29, 0.717) is 18.2 Å². The molecule has 0 unspecified atom stereocenters. The number of aryl methyl sites for hydroxylation is 1. The van der Waals surface area contributed by atoms with Gasteiger partial charge in [0.25, 0.3) is 0 Å². The number of hydrogen-bond donors (Lipinski definition) is 1. The second kappa shape index (κ2) is 6.13. The maximum atomic E-state index is 13.3. The molecule has 6 nitrogen and oxygen atoms in total. The van der Waals surface area contributed by atoms with Crippen molar-refractivity contribution >= 4 is 5.69 Å². The zero-order valence-electron chi connectivity index (χ0n) is 12.8. The molecule has 1 fully saturated rings. The maximum absolute atomic E-state index is 13.3. The summed E-state index contributed by atoms with van der Waals surface area (Å²) >= 11 is 0. The highest BCUT2D eigenvalue weighted by Crippen LogP contribution is 2.38. The predicted octanol–water partition coefficient (Wildman–Crippen LogP) is 2.58. The van der Waals surface area contributed by atoms with Gasteiger partial charge in [-0.05, 0) is 25.1 Å². The minimum Gasteiger partial charge on any atom is -0.366 e. The number of morpholine rings is 1. The second-order valence-corrected chi connectivity index (χ2v) is 5.43. The first-order chi connectivity index (χ1) is 11.4. The lowest BCUT2D eigenvalue weighted by Gasteiger charge is -2.34. The van der Waals surface area contributed by atoms with Crippen LogP contribution in [0.1, 0.15) is 28.9 Å². The lowest BCUT2D eigenvalue weighted by Crippen LogP contribution is -2.39. The van der Waals surface area contributed by atoms with Crippen molar-refractivity contribution in [2.45, 2.75) is 19.2 Å². The van der Waals surface area contributed by atoms with Crippen molar-refractivity contribution in [1.82, 2.24) is 15.2 Å². The maximum Gasteiger partial charge on any atom is 0.418 e. The lowest BCUT2D eigenvalue weighted by molar-refractivity contribution is -0.137. The summed E-state index contributed by atoms with van der Waals surface area (Å²) in [6, 6.07) is 5.32. The highest BCUT2D eigenvalue weighted by molar-refractivity contribution is 5.58. The van der Waals surface area contributed by atoms with Crippen LogP contribution >= 0.6 is 0 Å². The van der Waals surface area contributed by atoms with Crippen molar-refractivity contribution in [3.05, 3.63) is 41.0 Å². The summed E-state index contributed by atoms with van der Waals surface area (Å²) < 4.78 is 45.6. The minimum atomic E-state index is -4.54. The molecule has 1 aliphatic heterocycles. The SMILES string of the molecule is Cc1nc([C@H]2CN(c3ccc(C#N)cc3C(F)(F)F)CCO2)n[nH]1. The van der Waals surface area contributed by atoms with Crippen LogP contribution < -0.4 is 4.90 Å². The number of nitrogens with zero attached hydrogens (tertiary/aromatic N) is 4. The van der Waals surface area contributed by atoms with Crippen molar-refractivity contribution in [3.63, 3.8) is 0 Å². The Bertz CT molecular complexity index is 780. The van der Waals surface area contributed by atoms with Gasteiger partial charge >= 0.3 is 6.18 Å². The Labute approximate surface area is 135 Å². The fourth-order valence-electron chi connectivity index (χ4n) is 2.64. The van der Waals surface area contributed by atoms with Crippen LogP contribution in [0.15, 0.2) is 18.2 Å². The Hall–Kier alpha value is -2.60. The number of ether oxygens (including phenoxy) is 1. The molecule has 0 aliphatic carbocycles. The Morgan fingerprint density at radius 2 is 2.21 bits per heavy atom. The van der Waals surface area contributed by atoms with E-state index in [4.69, 9.17) is 10.00 Å². The molecule has 1 saturated heterocycles. The fourth-order valence-corrected chi connectivity index (χ4v) is 2.64. The van der Waals surface area contributed by atoms with Crippen molar-refractivity contribution in [2.75, 3.05) is 24.6 Å². The van der Waals surface area contributed by atoms with E-state index >= 15 is 0 Å². The summed E-state index contributed by atoms with van der Waals surface area (Å²) in [5, 5.41) is 15.6. The van der Waals surface area contributed by atoms with Crippen molar-refractivity contribution < 1.29 is 17.9 Å². The molecule has 1 aliphatic rings. The van der Waals surface area contributed by atoms with Crippen LogP contribution in [0, 0.1) is 18.3 Å². The molecule has 2 heterocycles. The van der Waals surface area contributed by atoms with Gasteiger partial charge in [-0.15, -0.1) is 0 Å². The Morgan fingerprint density at radius 1 is 1.42 bits per heavy atom. The van der Waals surface area contributed by atoms with E-state index in [2.05, 4.69) is 15.2 Å². The quantitative estimate of drug-likeness (QED) is 0.911. The number of aromatic nitrogens is 3. The summed E-state index contributed by atoms with van der Waals surface area (Å²) in [7, 11) is 0. The van der Waals surface area contributed by atoms with Gasteiger partial charge in [0.15, 0.2) is 5.82 Å². The second-order valence-electron chi connectivity index (χ2n) is 5.43. The van der Waals surface area contributed by atoms with Gasteiger partial charge in [-0.3, -0.25) is 5.10 Å². The molecule has 0 saturated carbocycles. The van der Waals surface area contributed by atoms with Crippen molar-refractivity contribution in [2.24, 2.45) is 0 Å². The molecular formula is C15H14F3N5O. The first-order valence-corrected chi connectivity index (χ1v) is 7.25. The summed E-state index contributed by atoms with van der Waals surface area (Å²) in [4.78, 5) is 5.76. The fraction of sp³-hybridized carbons (Fsp3) is 0.400. The van der Waals surface area contributed by atoms with Crippen LogP contribution in [0.3, 0.4) is 0 Å². The zero-order valence-corrected chi connectivity index (χ0v) is 12.8. The van der Waals surface area contributed by atoms with Crippen LogP contribution in [0.25, 0.3) is 0 Å². The van der Waals surface area contributed by atoms with E-state index in [1.54, 1.807) is 17.9 Å². The van der Waals surface area contributed by atoms with Gasteiger partial charge in [-0.2, -0.15) is 23.5 Å². The summed E-state index contributed by atoms with van der Waals surface area (Å²) in [6.45, 7) is 2.51. The summed E-state index contributed by atoms with van der Waals surface area (Å²) in [5.74, 6) is 1.03. The lowest BCUT2D eigenvalue weighted by atomic mass is 10.1. The smallest absolute Gasteiger partial charge is 0.366 e.